The van der Waals surface area contributed by atoms with Crippen molar-refractivity contribution in [2.45, 2.75) is 19.4 Å². The summed E-state index contributed by atoms with van der Waals surface area (Å²) >= 11 is 0. The van der Waals surface area contributed by atoms with Gasteiger partial charge in [0.05, 0.1) is 6.20 Å². The van der Waals surface area contributed by atoms with Crippen LogP contribution >= 0.6 is 0 Å². The Morgan fingerprint density at radius 2 is 1.94 bits per heavy atom. The molecule has 0 bridgehead atoms. The average molecular weight is 231 g/mol. The molecule has 0 aliphatic carbocycles. The van der Waals surface area contributed by atoms with E-state index in [0.29, 0.717) is 5.69 Å². The van der Waals surface area contributed by atoms with Crippen LogP contribution in [0, 0.1) is 0 Å². The van der Waals surface area contributed by atoms with Gasteiger partial charge in [-0.25, -0.2) is 9.48 Å². The van der Waals surface area contributed by atoms with Crippen molar-refractivity contribution in [2.75, 3.05) is 0 Å². The van der Waals surface area contributed by atoms with E-state index in [0.717, 1.165) is 5.56 Å². The summed E-state index contributed by atoms with van der Waals surface area (Å²) in [5.74, 6) is -0.943. The molecule has 88 valence electrons. The lowest BCUT2D eigenvalue weighted by atomic mass is 10.1. The number of hydrogen-bond donors (Lipinski definition) is 1. The second-order valence-corrected chi connectivity index (χ2v) is 4.28. The highest BCUT2D eigenvalue weighted by Crippen LogP contribution is 2.19. The van der Waals surface area contributed by atoms with Gasteiger partial charge in [-0.2, -0.15) is 0 Å². The van der Waals surface area contributed by atoms with Gasteiger partial charge in [0.1, 0.15) is 5.69 Å². The van der Waals surface area contributed by atoms with E-state index in [1.54, 1.807) is 20.0 Å². The van der Waals surface area contributed by atoms with Crippen LogP contribution in [0.25, 0.3) is 11.3 Å². The molecular formula is C12H13N3O2. The zero-order chi connectivity index (χ0) is 12.5. The smallest absolute Gasteiger partial charge is 0.331 e. The Morgan fingerprint density at radius 3 is 2.53 bits per heavy atom. The minimum Gasteiger partial charge on any atom is -0.479 e. The number of aromatic nitrogens is 3. The monoisotopic (exact) mass is 231 g/mol. The van der Waals surface area contributed by atoms with Crippen LogP contribution in [-0.4, -0.2) is 26.1 Å². The van der Waals surface area contributed by atoms with Crippen molar-refractivity contribution in [2.24, 2.45) is 0 Å². The molecule has 5 nitrogen and oxygen atoms in total. The summed E-state index contributed by atoms with van der Waals surface area (Å²) < 4.78 is 1.36. The minimum atomic E-state index is -1.10. The quantitative estimate of drug-likeness (QED) is 0.874. The first-order valence-corrected chi connectivity index (χ1v) is 5.23. The van der Waals surface area contributed by atoms with Gasteiger partial charge in [-0.05, 0) is 13.8 Å². The molecule has 0 aliphatic heterocycles. The van der Waals surface area contributed by atoms with Crippen molar-refractivity contribution in [3.05, 3.63) is 36.5 Å². The summed E-state index contributed by atoms with van der Waals surface area (Å²) in [7, 11) is 0. The van der Waals surface area contributed by atoms with Gasteiger partial charge in [-0.1, -0.05) is 35.5 Å². The molecule has 0 saturated heterocycles. The van der Waals surface area contributed by atoms with Crippen molar-refractivity contribution >= 4 is 5.97 Å². The summed E-state index contributed by atoms with van der Waals surface area (Å²) in [4.78, 5) is 11.1. The number of nitrogens with zero attached hydrogens (tertiary/aromatic N) is 3. The van der Waals surface area contributed by atoms with Crippen LogP contribution < -0.4 is 0 Å². The van der Waals surface area contributed by atoms with Crippen molar-refractivity contribution < 1.29 is 9.90 Å². The Kier molecular flexibility index (Phi) is 2.67. The third-order valence-corrected chi connectivity index (χ3v) is 2.66. The lowest BCUT2D eigenvalue weighted by molar-refractivity contribution is -0.146. The molecule has 2 rings (SSSR count). The first-order valence-electron chi connectivity index (χ1n) is 5.23. The lowest BCUT2D eigenvalue weighted by Gasteiger charge is -2.18. The SMILES string of the molecule is CC(C)(C(=O)O)n1cc(-c2ccccc2)nn1. The molecule has 0 atom stereocenters. The largest absolute Gasteiger partial charge is 0.479 e. The fraction of sp³-hybridized carbons (Fsp3) is 0.250. The van der Waals surface area contributed by atoms with Gasteiger partial charge in [0.15, 0.2) is 5.54 Å². The van der Waals surface area contributed by atoms with Crippen molar-refractivity contribution in [1.29, 1.82) is 0 Å². The number of benzene rings is 1. The van der Waals surface area contributed by atoms with Crippen LogP contribution in [0.2, 0.25) is 0 Å². The van der Waals surface area contributed by atoms with Gasteiger partial charge in [0.2, 0.25) is 0 Å². The van der Waals surface area contributed by atoms with Gasteiger partial charge in [0.25, 0.3) is 0 Å². The fourth-order valence-corrected chi connectivity index (χ4v) is 1.38. The highest BCUT2D eigenvalue weighted by atomic mass is 16.4. The fourth-order valence-electron chi connectivity index (χ4n) is 1.38. The third kappa shape index (κ3) is 2.04. The summed E-state index contributed by atoms with van der Waals surface area (Å²) in [5, 5.41) is 16.9. The molecule has 0 amide bonds. The first kappa shape index (κ1) is 11.3. The van der Waals surface area contributed by atoms with Crippen LogP contribution in [0.4, 0.5) is 0 Å². The van der Waals surface area contributed by atoms with Crippen LogP contribution in [0.1, 0.15) is 13.8 Å². The Hall–Kier alpha value is -2.17. The van der Waals surface area contributed by atoms with Crippen molar-refractivity contribution in [1.82, 2.24) is 15.0 Å². The molecule has 0 aliphatic rings. The van der Waals surface area contributed by atoms with E-state index in [1.165, 1.54) is 4.68 Å². The number of hydrogen-bond acceptors (Lipinski definition) is 3. The predicted octanol–water partition coefficient (Wildman–Crippen LogP) is 1.76. The van der Waals surface area contributed by atoms with Gasteiger partial charge >= 0.3 is 5.97 Å². The molecule has 1 aromatic carbocycles. The normalized spacial score (nSPS) is 11.4. The topological polar surface area (TPSA) is 68.0 Å². The van der Waals surface area contributed by atoms with Crippen LogP contribution in [0.3, 0.4) is 0 Å². The second-order valence-electron chi connectivity index (χ2n) is 4.28. The molecule has 0 saturated carbocycles. The van der Waals surface area contributed by atoms with Crippen LogP contribution in [0.15, 0.2) is 36.5 Å². The number of carboxylic acid groups (broad SMARTS) is 1. The highest BCUT2D eigenvalue weighted by molar-refractivity contribution is 5.75. The Balaban J connectivity index is 2.38. The van der Waals surface area contributed by atoms with E-state index in [2.05, 4.69) is 10.3 Å². The summed E-state index contributed by atoms with van der Waals surface area (Å²) in [6.07, 6.45) is 1.64. The van der Waals surface area contributed by atoms with E-state index in [1.807, 2.05) is 30.3 Å². The molecule has 0 radical (unpaired) electrons. The zero-order valence-corrected chi connectivity index (χ0v) is 9.66. The molecule has 1 heterocycles. The van der Waals surface area contributed by atoms with Gasteiger partial charge in [-0.3, -0.25) is 0 Å². The number of aliphatic carboxylic acids is 1. The molecule has 2 aromatic rings. The molecule has 1 N–H and O–H groups in total. The van der Waals surface area contributed by atoms with Crippen molar-refractivity contribution in [3.63, 3.8) is 0 Å². The Labute approximate surface area is 98.7 Å². The number of rotatable bonds is 3. The second kappa shape index (κ2) is 4.01. The van der Waals surface area contributed by atoms with Crippen molar-refractivity contribution in [3.8, 4) is 11.3 Å². The van der Waals surface area contributed by atoms with E-state index in [-0.39, 0.29) is 0 Å². The number of carbonyl (C=O) groups is 1. The minimum absolute atomic E-state index is 0.667. The van der Waals surface area contributed by atoms with Crippen LogP contribution in [0.5, 0.6) is 0 Å². The lowest BCUT2D eigenvalue weighted by Crippen LogP contribution is -2.36. The molecule has 0 spiro atoms. The van der Waals surface area contributed by atoms with Gasteiger partial charge in [-0.15, -0.1) is 5.10 Å². The standard InChI is InChI=1S/C12H13N3O2/c1-12(2,11(16)17)15-8-10(13-14-15)9-6-4-3-5-7-9/h3-8H,1-2H3,(H,16,17). The zero-order valence-electron chi connectivity index (χ0n) is 9.66. The van der Waals surface area contributed by atoms with E-state index >= 15 is 0 Å². The van der Waals surface area contributed by atoms with E-state index < -0.39 is 11.5 Å². The maximum absolute atomic E-state index is 11.1. The molecule has 0 fully saturated rings. The highest BCUT2D eigenvalue weighted by Gasteiger charge is 2.30. The molecule has 0 unspecified atom stereocenters. The maximum Gasteiger partial charge on any atom is 0.331 e. The number of carboxylic acids is 1. The summed E-state index contributed by atoms with van der Waals surface area (Å²) in [5.41, 5.74) is 0.486. The maximum atomic E-state index is 11.1. The predicted molar refractivity (Wildman–Crippen MR) is 62.4 cm³/mol. The molecule has 5 heteroatoms. The van der Waals surface area contributed by atoms with E-state index in [4.69, 9.17) is 5.11 Å². The summed E-state index contributed by atoms with van der Waals surface area (Å²) in [6, 6.07) is 9.52. The Morgan fingerprint density at radius 1 is 1.29 bits per heavy atom. The Bertz CT molecular complexity index is 532. The average Bonchev–Trinajstić information content (AvgIpc) is 2.80. The van der Waals surface area contributed by atoms with Crippen LogP contribution in [-0.2, 0) is 10.3 Å². The third-order valence-electron chi connectivity index (χ3n) is 2.66. The molecular weight excluding hydrogens is 218 g/mol. The van der Waals surface area contributed by atoms with Gasteiger partial charge in [0, 0.05) is 5.56 Å². The molecule has 17 heavy (non-hydrogen) atoms. The molecule has 1 aromatic heterocycles. The first-order chi connectivity index (χ1) is 8.01. The van der Waals surface area contributed by atoms with Gasteiger partial charge < -0.3 is 5.11 Å². The van der Waals surface area contributed by atoms with E-state index in [9.17, 15) is 4.79 Å². The summed E-state index contributed by atoms with van der Waals surface area (Å²) in [6.45, 7) is 3.16.